The number of carbonyl (C=O) groups is 2. The van der Waals surface area contributed by atoms with E-state index in [0.29, 0.717) is 29.2 Å². The summed E-state index contributed by atoms with van der Waals surface area (Å²) >= 11 is 0. The number of anilines is 1. The maximum Gasteiger partial charge on any atom is 0.226 e. The summed E-state index contributed by atoms with van der Waals surface area (Å²) in [5.41, 5.74) is 1.80. The highest BCUT2D eigenvalue weighted by atomic mass is 32.2. The van der Waals surface area contributed by atoms with Gasteiger partial charge < -0.3 is 15.5 Å². The first-order chi connectivity index (χ1) is 17.4. The second kappa shape index (κ2) is 10.1. The Bertz CT molecular complexity index is 1360. The second-order valence-electron chi connectivity index (χ2n) is 9.99. The molecule has 1 amide bonds. The van der Waals surface area contributed by atoms with Gasteiger partial charge in [-0.05, 0) is 55.2 Å². The summed E-state index contributed by atoms with van der Waals surface area (Å²) in [5.74, 6) is 0.456. The molecular weight excluding hydrogens is 490 g/mol. The molecule has 10 heteroatoms. The molecule has 1 aliphatic heterocycles. The average molecular weight is 524 g/mol. The standard InChI is InChI=1S/C27H33N5O4S/c1-6-37(35,36)19-9-7-18(8-10-19)16-24(33)29-22-15-17(2)25-20(28-22)13-14-27(3,26(25)34)21-11-12-23(31-30-21)32(4)5/h7-14,17,22,28H,6,15-16H2,1-5H3,(H,29,33). The van der Waals surface area contributed by atoms with E-state index in [-0.39, 0.29) is 40.8 Å². The van der Waals surface area contributed by atoms with E-state index in [9.17, 15) is 18.0 Å². The number of carbonyl (C=O) groups excluding carboxylic acids is 2. The molecule has 0 fully saturated rings. The maximum absolute atomic E-state index is 13.6. The number of hydrogen-bond acceptors (Lipinski definition) is 8. The summed E-state index contributed by atoms with van der Waals surface area (Å²) in [4.78, 5) is 28.5. The van der Waals surface area contributed by atoms with Crippen LogP contribution in [0.2, 0.25) is 0 Å². The molecule has 3 unspecified atom stereocenters. The molecule has 2 aliphatic rings. The van der Waals surface area contributed by atoms with Gasteiger partial charge in [0.05, 0.1) is 34.3 Å². The van der Waals surface area contributed by atoms with Crippen LogP contribution in [0.1, 0.15) is 38.4 Å². The summed E-state index contributed by atoms with van der Waals surface area (Å²) in [7, 11) is 0.488. The molecule has 0 spiro atoms. The number of rotatable bonds is 7. The first-order valence-electron chi connectivity index (χ1n) is 12.3. The van der Waals surface area contributed by atoms with E-state index in [1.165, 1.54) is 12.1 Å². The Morgan fingerprint density at radius 2 is 1.86 bits per heavy atom. The maximum atomic E-state index is 13.6. The van der Waals surface area contributed by atoms with Crippen molar-refractivity contribution >= 4 is 27.3 Å². The lowest BCUT2D eigenvalue weighted by atomic mass is 9.70. The highest BCUT2D eigenvalue weighted by Gasteiger charge is 2.43. The average Bonchev–Trinajstić information content (AvgIpc) is 2.86. The van der Waals surface area contributed by atoms with Crippen LogP contribution in [0.25, 0.3) is 0 Å². The molecule has 2 aromatic rings. The third-order valence-electron chi connectivity index (χ3n) is 7.00. The zero-order valence-corrected chi connectivity index (χ0v) is 22.6. The molecule has 37 heavy (non-hydrogen) atoms. The molecule has 0 saturated heterocycles. The molecule has 0 radical (unpaired) electrons. The van der Waals surface area contributed by atoms with Gasteiger partial charge in [-0.3, -0.25) is 9.59 Å². The number of aromatic nitrogens is 2. The van der Waals surface area contributed by atoms with Crippen molar-refractivity contribution < 1.29 is 18.0 Å². The zero-order chi connectivity index (χ0) is 27.0. The van der Waals surface area contributed by atoms with Crippen LogP contribution in [-0.2, 0) is 31.3 Å². The molecule has 4 rings (SSSR count). The van der Waals surface area contributed by atoms with Crippen molar-refractivity contribution in [2.75, 3.05) is 24.7 Å². The van der Waals surface area contributed by atoms with Gasteiger partial charge in [-0.15, -0.1) is 5.10 Å². The smallest absolute Gasteiger partial charge is 0.226 e. The Balaban J connectivity index is 1.43. The molecule has 3 atom stereocenters. The van der Waals surface area contributed by atoms with Crippen LogP contribution in [-0.4, -0.2) is 56.3 Å². The number of Topliss-reactive ketones (excluding diaryl/α,β-unsaturated/α-hetero) is 1. The fourth-order valence-electron chi connectivity index (χ4n) is 4.70. The van der Waals surface area contributed by atoms with Gasteiger partial charge in [0.25, 0.3) is 0 Å². The van der Waals surface area contributed by atoms with Crippen LogP contribution in [0.3, 0.4) is 0 Å². The monoisotopic (exact) mass is 523 g/mol. The van der Waals surface area contributed by atoms with Gasteiger partial charge in [0.2, 0.25) is 5.91 Å². The molecule has 1 aliphatic carbocycles. The van der Waals surface area contributed by atoms with E-state index in [0.717, 1.165) is 5.56 Å². The van der Waals surface area contributed by atoms with Crippen LogP contribution >= 0.6 is 0 Å². The van der Waals surface area contributed by atoms with Crippen molar-refractivity contribution in [3.05, 3.63) is 71.1 Å². The van der Waals surface area contributed by atoms with Gasteiger partial charge in [-0.25, -0.2) is 8.42 Å². The highest BCUT2D eigenvalue weighted by molar-refractivity contribution is 7.91. The summed E-state index contributed by atoms with van der Waals surface area (Å²) in [6.07, 6.45) is 4.07. The number of sulfone groups is 1. The van der Waals surface area contributed by atoms with Crippen LogP contribution in [0.15, 0.2) is 64.7 Å². The van der Waals surface area contributed by atoms with Gasteiger partial charge in [-0.1, -0.05) is 32.1 Å². The normalized spacial score (nSPS) is 23.3. The predicted octanol–water partition coefficient (Wildman–Crippen LogP) is 2.30. The van der Waals surface area contributed by atoms with Crippen LogP contribution < -0.4 is 15.5 Å². The van der Waals surface area contributed by atoms with E-state index in [4.69, 9.17) is 0 Å². The molecule has 0 saturated carbocycles. The number of nitrogens with one attached hydrogen (secondary N) is 2. The fourth-order valence-corrected chi connectivity index (χ4v) is 5.58. The van der Waals surface area contributed by atoms with Crippen molar-refractivity contribution in [3.63, 3.8) is 0 Å². The van der Waals surface area contributed by atoms with Crippen molar-refractivity contribution in [1.29, 1.82) is 0 Å². The third-order valence-corrected chi connectivity index (χ3v) is 8.76. The molecule has 1 aromatic heterocycles. The molecule has 2 heterocycles. The number of benzene rings is 1. The summed E-state index contributed by atoms with van der Waals surface area (Å²) in [6.45, 7) is 5.44. The van der Waals surface area contributed by atoms with E-state index >= 15 is 0 Å². The Hall–Kier alpha value is -3.53. The van der Waals surface area contributed by atoms with Crippen molar-refractivity contribution in [1.82, 2.24) is 20.8 Å². The Morgan fingerprint density at radius 1 is 1.16 bits per heavy atom. The quantitative estimate of drug-likeness (QED) is 0.567. The Morgan fingerprint density at radius 3 is 2.46 bits per heavy atom. The van der Waals surface area contributed by atoms with E-state index in [1.54, 1.807) is 19.1 Å². The predicted molar refractivity (Wildman–Crippen MR) is 142 cm³/mol. The van der Waals surface area contributed by atoms with Crippen LogP contribution in [0.4, 0.5) is 5.82 Å². The lowest BCUT2D eigenvalue weighted by Crippen LogP contribution is -2.52. The van der Waals surface area contributed by atoms with Crippen molar-refractivity contribution in [2.45, 2.75) is 50.1 Å². The summed E-state index contributed by atoms with van der Waals surface area (Å²) in [5, 5.41) is 14.9. The number of nitrogens with zero attached hydrogens (tertiary/aromatic N) is 3. The molecule has 9 nitrogen and oxygen atoms in total. The number of ketones is 1. The molecular formula is C27H33N5O4S. The molecule has 1 aromatic carbocycles. The summed E-state index contributed by atoms with van der Waals surface area (Å²) in [6, 6.07) is 10.1. The topological polar surface area (TPSA) is 121 Å². The number of hydrogen-bond donors (Lipinski definition) is 2. The Kier molecular flexibility index (Phi) is 7.23. The minimum atomic E-state index is -3.28. The van der Waals surface area contributed by atoms with Gasteiger partial charge in [-0.2, -0.15) is 5.10 Å². The first-order valence-corrected chi connectivity index (χ1v) is 14.0. The SMILES string of the molecule is CCS(=O)(=O)c1ccc(CC(=O)NC2CC(C)C3=C(C=CC(C)(c4ccc(N(C)C)nn4)C3=O)N2)cc1. The Labute approximate surface area is 218 Å². The zero-order valence-electron chi connectivity index (χ0n) is 21.8. The minimum Gasteiger partial charge on any atom is -0.365 e. The second-order valence-corrected chi connectivity index (χ2v) is 12.3. The molecule has 0 bridgehead atoms. The van der Waals surface area contributed by atoms with Crippen LogP contribution in [0, 0.1) is 5.92 Å². The number of amides is 1. The lowest BCUT2D eigenvalue weighted by molar-refractivity contribution is -0.121. The molecule has 196 valence electrons. The van der Waals surface area contributed by atoms with Gasteiger partial charge in [0.15, 0.2) is 21.4 Å². The van der Waals surface area contributed by atoms with Gasteiger partial charge in [0, 0.05) is 25.4 Å². The largest absolute Gasteiger partial charge is 0.365 e. The first kappa shape index (κ1) is 26.5. The summed E-state index contributed by atoms with van der Waals surface area (Å²) < 4.78 is 24.0. The van der Waals surface area contributed by atoms with Crippen LogP contribution in [0.5, 0.6) is 0 Å². The molecule has 2 N–H and O–H groups in total. The fraction of sp³-hybridized carbons (Fsp3) is 0.407. The van der Waals surface area contributed by atoms with E-state index in [1.807, 2.05) is 57.1 Å². The third kappa shape index (κ3) is 5.29. The highest BCUT2D eigenvalue weighted by Crippen LogP contribution is 2.38. The van der Waals surface area contributed by atoms with Crippen molar-refractivity contribution in [2.24, 2.45) is 5.92 Å². The lowest BCUT2D eigenvalue weighted by Gasteiger charge is -2.38. The van der Waals surface area contributed by atoms with E-state index < -0.39 is 15.3 Å². The van der Waals surface area contributed by atoms with Gasteiger partial charge in [0.1, 0.15) is 0 Å². The number of allylic oxidation sites excluding steroid dienone is 3. The van der Waals surface area contributed by atoms with E-state index in [2.05, 4.69) is 20.8 Å². The van der Waals surface area contributed by atoms with Gasteiger partial charge >= 0.3 is 0 Å². The minimum absolute atomic E-state index is 0.0243. The van der Waals surface area contributed by atoms with Crippen molar-refractivity contribution in [3.8, 4) is 0 Å².